The van der Waals surface area contributed by atoms with Gasteiger partial charge in [0.05, 0.1) is 6.10 Å². The Kier molecular flexibility index (Phi) is 6.46. The first-order valence-electron chi connectivity index (χ1n) is 15.9. The Bertz CT molecular complexity index is 882. The van der Waals surface area contributed by atoms with Crippen molar-refractivity contribution in [1.82, 2.24) is 0 Å². The highest BCUT2D eigenvalue weighted by atomic mass is 28.4. The molecule has 5 fully saturated rings. The first-order valence-corrected chi connectivity index (χ1v) is 19.3. The van der Waals surface area contributed by atoms with Crippen molar-refractivity contribution in [1.29, 1.82) is 0 Å². The summed E-state index contributed by atoms with van der Waals surface area (Å²) in [5, 5.41) is 0. The summed E-state index contributed by atoms with van der Waals surface area (Å²) in [6.45, 7) is 29.5. The lowest BCUT2D eigenvalue weighted by molar-refractivity contribution is -0.159. The number of rotatable bonds is 7. The molecule has 0 heterocycles. The number of allylic oxidation sites excluding steroid dienone is 1. The van der Waals surface area contributed by atoms with Crippen molar-refractivity contribution in [2.75, 3.05) is 0 Å². The van der Waals surface area contributed by atoms with Crippen molar-refractivity contribution in [3.8, 4) is 0 Å². The second-order valence-electron chi connectivity index (χ2n) is 17.1. The van der Waals surface area contributed by atoms with E-state index in [1.54, 1.807) is 6.42 Å². The lowest BCUT2D eigenvalue weighted by atomic mass is 9.41. The fraction of sp³-hybridized carbons (Fsp3) is 0.941. The van der Waals surface area contributed by atoms with Crippen LogP contribution in [0.5, 0.6) is 0 Å². The minimum absolute atomic E-state index is 0.334. The molecular weight excluding hydrogens is 452 g/mol. The number of hydrogen-bond acceptors (Lipinski definition) is 1. The third-order valence-corrected chi connectivity index (χ3v) is 15.0. The van der Waals surface area contributed by atoms with E-state index in [9.17, 15) is 0 Å². The molecule has 206 valence electrons. The fourth-order valence-corrected chi connectivity index (χ4v) is 13.1. The molecule has 0 aliphatic heterocycles. The quantitative estimate of drug-likeness (QED) is 0.243. The molecule has 0 radical (unpaired) electrons. The van der Waals surface area contributed by atoms with Crippen LogP contribution < -0.4 is 0 Å². The third kappa shape index (κ3) is 3.68. The lowest BCUT2D eigenvalue weighted by Crippen LogP contribution is -2.58. The largest absolute Gasteiger partial charge is 0.414 e. The highest BCUT2D eigenvalue weighted by molar-refractivity contribution is 6.69. The van der Waals surface area contributed by atoms with E-state index in [4.69, 9.17) is 4.43 Å². The minimum atomic E-state index is -1.52. The summed E-state index contributed by atoms with van der Waals surface area (Å²) in [5.41, 5.74) is 4.18. The van der Waals surface area contributed by atoms with Gasteiger partial charge in [0.2, 0.25) is 0 Å². The molecule has 0 aromatic heterocycles. The smallest absolute Gasteiger partial charge is 0.184 e. The molecule has 9 atom stereocenters. The maximum absolute atomic E-state index is 6.87. The normalized spacial score (nSPS) is 48.0. The van der Waals surface area contributed by atoms with E-state index < -0.39 is 8.32 Å². The van der Waals surface area contributed by atoms with Gasteiger partial charge in [-0.05, 0) is 147 Å². The van der Waals surface area contributed by atoms with E-state index in [1.165, 1.54) is 69.8 Å². The van der Waals surface area contributed by atoms with Gasteiger partial charge in [-0.15, -0.1) is 0 Å². The van der Waals surface area contributed by atoms with Crippen LogP contribution in [-0.2, 0) is 4.43 Å². The molecule has 5 saturated carbocycles. The number of hydrogen-bond donors (Lipinski definition) is 0. The molecule has 2 spiro atoms. The summed E-state index contributed by atoms with van der Waals surface area (Å²) in [5.74, 6) is 4.21. The Morgan fingerprint density at radius 3 is 2.11 bits per heavy atom. The molecule has 2 unspecified atom stereocenters. The van der Waals surface area contributed by atoms with Crippen LogP contribution in [0.1, 0.15) is 119 Å². The predicted octanol–water partition coefficient (Wildman–Crippen LogP) is 10.3. The van der Waals surface area contributed by atoms with Gasteiger partial charge in [-0.2, -0.15) is 0 Å². The summed E-state index contributed by atoms with van der Waals surface area (Å²) in [6.07, 6.45) is 16.3. The summed E-state index contributed by atoms with van der Waals surface area (Å²) in [6, 6.07) is 0. The Morgan fingerprint density at radius 1 is 0.833 bits per heavy atom. The van der Waals surface area contributed by atoms with Gasteiger partial charge in [0.25, 0.3) is 0 Å². The van der Waals surface area contributed by atoms with E-state index in [1.807, 2.05) is 0 Å². The van der Waals surface area contributed by atoms with Crippen molar-refractivity contribution in [2.24, 2.45) is 56.7 Å². The van der Waals surface area contributed by atoms with Crippen LogP contribution in [-0.4, -0.2) is 14.4 Å². The van der Waals surface area contributed by atoms with Gasteiger partial charge in [-0.25, -0.2) is 0 Å². The molecule has 0 aromatic rings. The molecule has 0 bridgehead atoms. The maximum Gasteiger partial charge on any atom is 0.184 e. The van der Waals surface area contributed by atoms with Gasteiger partial charge in [0.1, 0.15) is 0 Å². The van der Waals surface area contributed by atoms with Gasteiger partial charge in [0, 0.05) is 0 Å². The van der Waals surface area contributed by atoms with Gasteiger partial charge in [0.15, 0.2) is 8.32 Å². The van der Waals surface area contributed by atoms with E-state index in [2.05, 4.69) is 74.7 Å². The minimum Gasteiger partial charge on any atom is -0.414 e. The Balaban J connectivity index is 1.36. The van der Waals surface area contributed by atoms with Crippen LogP contribution in [0.2, 0.25) is 19.6 Å². The zero-order chi connectivity index (χ0) is 26.5. The van der Waals surface area contributed by atoms with E-state index in [0.29, 0.717) is 39.1 Å². The first kappa shape index (κ1) is 27.5. The van der Waals surface area contributed by atoms with Crippen molar-refractivity contribution >= 4 is 8.32 Å². The average molecular weight is 513 g/mol. The van der Waals surface area contributed by atoms with Crippen LogP contribution in [0.25, 0.3) is 0 Å². The molecule has 5 rings (SSSR count). The van der Waals surface area contributed by atoms with Crippen LogP contribution in [0.3, 0.4) is 0 Å². The fourth-order valence-electron chi connectivity index (χ4n) is 11.8. The molecule has 1 nitrogen and oxygen atoms in total. The van der Waals surface area contributed by atoms with Gasteiger partial charge in [-0.3, -0.25) is 0 Å². The van der Waals surface area contributed by atoms with Crippen LogP contribution in [0, 0.1) is 56.7 Å². The zero-order valence-electron chi connectivity index (χ0n) is 25.9. The van der Waals surface area contributed by atoms with Crippen LogP contribution in [0.15, 0.2) is 12.2 Å². The van der Waals surface area contributed by atoms with E-state index in [0.717, 1.165) is 23.7 Å². The SMILES string of the molecule is C=C(CC[C@@H](C)[C@H]1CC[C@@]2(C)C3CCC4C(C)(C)[C@@H](O[Si](C)(C)C)CC[C@@]45C[C@@]35CC[C@]12C)C(C)C. The highest BCUT2D eigenvalue weighted by Gasteiger charge is 2.82. The van der Waals surface area contributed by atoms with Crippen molar-refractivity contribution in [3.63, 3.8) is 0 Å². The summed E-state index contributed by atoms with van der Waals surface area (Å²) < 4.78 is 6.87. The lowest BCUT2D eigenvalue weighted by Gasteiger charge is -2.64. The standard InChI is InChI=1S/C34H60OSi/c1-23(2)24(3)12-13-25(4)26-16-18-32(8)28-15-14-27-30(5,6)29(35-36(9,10)11)17-19-33(27)22-34(28,33)21-20-31(26,32)7/h23,25-29H,3,12-22H2,1-2,4-11H3/t25-,26-,27?,28?,29+,31-,32+,33-,34+/m1/s1. The molecule has 0 N–H and O–H groups in total. The molecule has 0 aromatic carbocycles. The van der Waals surface area contributed by atoms with Gasteiger partial charge < -0.3 is 4.43 Å². The van der Waals surface area contributed by atoms with Gasteiger partial charge in [-0.1, -0.05) is 60.6 Å². The zero-order valence-corrected chi connectivity index (χ0v) is 26.9. The highest BCUT2D eigenvalue weighted by Crippen LogP contribution is 2.89. The van der Waals surface area contributed by atoms with Crippen molar-refractivity contribution < 1.29 is 4.43 Å². The topological polar surface area (TPSA) is 9.23 Å². The monoisotopic (exact) mass is 512 g/mol. The predicted molar refractivity (Wildman–Crippen MR) is 157 cm³/mol. The van der Waals surface area contributed by atoms with E-state index >= 15 is 0 Å². The third-order valence-electron chi connectivity index (χ3n) is 14.0. The number of fused-ring (bicyclic) bond motifs is 2. The second kappa shape index (κ2) is 8.46. The van der Waals surface area contributed by atoms with Crippen molar-refractivity contribution in [3.05, 3.63) is 12.2 Å². The Labute approximate surface area is 226 Å². The summed E-state index contributed by atoms with van der Waals surface area (Å²) in [4.78, 5) is 0. The van der Waals surface area contributed by atoms with Gasteiger partial charge >= 0.3 is 0 Å². The molecule has 5 aliphatic carbocycles. The molecule has 0 amide bonds. The molecule has 5 aliphatic rings. The van der Waals surface area contributed by atoms with Crippen molar-refractivity contribution in [2.45, 2.75) is 145 Å². The van der Waals surface area contributed by atoms with Crippen LogP contribution >= 0.6 is 0 Å². The van der Waals surface area contributed by atoms with E-state index in [-0.39, 0.29) is 0 Å². The Hall–Kier alpha value is -0.0831. The first-order chi connectivity index (χ1) is 16.5. The summed E-state index contributed by atoms with van der Waals surface area (Å²) >= 11 is 0. The molecule has 0 saturated heterocycles. The van der Waals surface area contributed by atoms with Crippen LogP contribution in [0.4, 0.5) is 0 Å². The maximum atomic E-state index is 6.87. The molecular formula is C34H60OSi. The molecule has 36 heavy (non-hydrogen) atoms. The second-order valence-corrected chi connectivity index (χ2v) is 21.5. The molecule has 2 heteroatoms. The Morgan fingerprint density at radius 2 is 1.47 bits per heavy atom. The average Bonchev–Trinajstić information content (AvgIpc) is 3.35. The summed E-state index contributed by atoms with van der Waals surface area (Å²) in [7, 11) is -1.52.